The normalized spacial score (nSPS) is 15.2. The van der Waals surface area contributed by atoms with E-state index in [0.717, 1.165) is 6.54 Å². The number of pyridine rings is 1. The number of aromatic hydroxyl groups is 1. The van der Waals surface area contributed by atoms with Gasteiger partial charge in [-0.05, 0) is 30.9 Å². The summed E-state index contributed by atoms with van der Waals surface area (Å²) in [5, 5.41) is 18.5. The van der Waals surface area contributed by atoms with Gasteiger partial charge in [0.25, 0.3) is 0 Å². The molecular formula is C19H17ClN8O2. The molecule has 11 heteroatoms. The zero-order valence-electron chi connectivity index (χ0n) is 15.6. The van der Waals surface area contributed by atoms with E-state index in [4.69, 9.17) is 16.6 Å². The van der Waals surface area contributed by atoms with Crippen LogP contribution < -0.4 is 21.7 Å². The lowest BCUT2D eigenvalue weighted by Gasteiger charge is -2.07. The van der Waals surface area contributed by atoms with Gasteiger partial charge < -0.3 is 15.4 Å². The lowest BCUT2D eigenvalue weighted by Crippen LogP contribution is -2.20. The van der Waals surface area contributed by atoms with E-state index < -0.39 is 5.69 Å². The molecule has 5 rings (SSSR count). The molecule has 0 aliphatic heterocycles. The van der Waals surface area contributed by atoms with E-state index in [0.29, 0.717) is 38.8 Å². The Balaban J connectivity index is 1.67. The summed E-state index contributed by atoms with van der Waals surface area (Å²) in [5.41, 5.74) is 1.56. The van der Waals surface area contributed by atoms with E-state index >= 15 is 0 Å². The van der Waals surface area contributed by atoms with Crippen molar-refractivity contribution in [2.24, 2.45) is 10.9 Å². The first-order valence-electron chi connectivity index (χ1n) is 9.35. The Bertz CT molecular complexity index is 1420. The van der Waals surface area contributed by atoms with Gasteiger partial charge in [-0.15, -0.1) is 0 Å². The largest absolute Gasteiger partial charge is 0.493 e. The smallest absolute Gasteiger partial charge is 0.326 e. The number of hydrogen-bond donors (Lipinski definition) is 4. The average molecular weight is 425 g/mol. The van der Waals surface area contributed by atoms with Gasteiger partial charge in [-0.3, -0.25) is 15.0 Å². The molecule has 1 fully saturated rings. The predicted octanol–water partition coefficient (Wildman–Crippen LogP) is 1.10. The minimum atomic E-state index is -0.502. The number of fused-ring (bicyclic) bond motifs is 1. The average Bonchev–Trinajstić information content (AvgIpc) is 3.39. The van der Waals surface area contributed by atoms with Crippen molar-refractivity contribution in [3.8, 4) is 5.88 Å². The molecule has 0 bridgehead atoms. The van der Waals surface area contributed by atoms with Gasteiger partial charge in [-0.1, -0.05) is 11.6 Å². The molecule has 4 aromatic heterocycles. The Morgan fingerprint density at radius 1 is 1.37 bits per heavy atom. The molecule has 0 spiro atoms. The van der Waals surface area contributed by atoms with Gasteiger partial charge >= 0.3 is 5.69 Å². The molecule has 0 saturated heterocycles. The summed E-state index contributed by atoms with van der Waals surface area (Å²) in [7, 11) is 0. The number of aromatic nitrogens is 6. The lowest BCUT2D eigenvalue weighted by molar-refractivity contribution is 0.454. The third kappa shape index (κ3) is 3.64. The van der Waals surface area contributed by atoms with Crippen molar-refractivity contribution in [1.82, 2.24) is 29.5 Å². The number of H-pyrrole nitrogens is 2. The lowest BCUT2D eigenvalue weighted by atomic mass is 10.3. The van der Waals surface area contributed by atoms with E-state index in [2.05, 4.69) is 30.4 Å². The van der Waals surface area contributed by atoms with Crippen molar-refractivity contribution in [3.63, 3.8) is 0 Å². The number of hydrogen-bond acceptors (Lipinski definition) is 7. The second-order valence-electron chi connectivity index (χ2n) is 7.09. The van der Waals surface area contributed by atoms with Gasteiger partial charge in [0.2, 0.25) is 5.88 Å². The number of halogens is 1. The van der Waals surface area contributed by atoms with Crippen LogP contribution in [-0.4, -0.2) is 41.2 Å². The molecule has 10 nitrogen and oxygen atoms in total. The number of aromatic amines is 2. The van der Waals surface area contributed by atoms with Gasteiger partial charge in [0, 0.05) is 30.2 Å². The molecule has 4 aromatic rings. The Morgan fingerprint density at radius 3 is 2.97 bits per heavy atom. The molecule has 0 aromatic carbocycles. The topological polar surface area (TPSA) is 136 Å². The van der Waals surface area contributed by atoms with Crippen LogP contribution in [-0.2, 0) is 0 Å². The molecule has 4 heterocycles. The highest BCUT2D eigenvalue weighted by Gasteiger charge is 2.20. The Kier molecular flexibility index (Phi) is 4.47. The molecule has 152 valence electrons. The van der Waals surface area contributed by atoms with Gasteiger partial charge in [0.15, 0.2) is 11.1 Å². The first-order valence-corrected chi connectivity index (χ1v) is 9.73. The van der Waals surface area contributed by atoms with Crippen LogP contribution in [0.15, 0.2) is 40.5 Å². The first-order chi connectivity index (χ1) is 14.6. The zero-order valence-corrected chi connectivity index (χ0v) is 16.4. The fourth-order valence-corrected chi connectivity index (χ4v) is 3.19. The molecule has 1 aliphatic rings. The van der Waals surface area contributed by atoms with Crippen LogP contribution in [0.1, 0.15) is 18.5 Å². The van der Waals surface area contributed by atoms with Crippen LogP contribution in [0, 0.1) is 5.92 Å². The standard InChI is InChI=1S/C19H17ClN8O2/c20-12-9-21-4-3-13(12)24-15-6-16(22-7-10-1-2-10)28-17(26-15)11(8-23-28)5-14-18(29)27-19(30)25-14/h3-6,8-10,29H,1-2,7H2,(H,21,24)(H2,25,27,30). The number of imidazole rings is 1. The SMILES string of the molecule is O=c1[nH]c(O)c(C=c2cnn3c(=NCC4CC4)cc(Nc4ccncc4Cl)nc23)[nH]1. The number of nitrogens with zero attached hydrogens (tertiary/aromatic N) is 5. The van der Waals surface area contributed by atoms with Crippen molar-refractivity contribution < 1.29 is 5.11 Å². The predicted molar refractivity (Wildman–Crippen MR) is 111 cm³/mol. The first kappa shape index (κ1) is 18.4. The number of anilines is 2. The molecule has 0 amide bonds. The van der Waals surface area contributed by atoms with Crippen LogP contribution >= 0.6 is 11.6 Å². The van der Waals surface area contributed by atoms with Crippen LogP contribution in [0.2, 0.25) is 5.02 Å². The van der Waals surface area contributed by atoms with Crippen molar-refractivity contribution in [3.05, 3.63) is 62.6 Å². The molecule has 0 unspecified atom stereocenters. The van der Waals surface area contributed by atoms with E-state index in [-0.39, 0.29) is 11.6 Å². The zero-order chi connectivity index (χ0) is 20.7. The van der Waals surface area contributed by atoms with Crippen LogP contribution in [0.4, 0.5) is 11.5 Å². The Morgan fingerprint density at radius 2 is 2.23 bits per heavy atom. The van der Waals surface area contributed by atoms with E-state index in [1.165, 1.54) is 12.8 Å². The molecule has 1 saturated carbocycles. The summed E-state index contributed by atoms with van der Waals surface area (Å²) in [4.78, 5) is 29.6. The fraction of sp³-hybridized carbons (Fsp3) is 0.211. The van der Waals surface area contributed by atoms with Crippen molar-refractivity contribution in [1.29, 1.82) is 0 Å². The van der Waals surface area contributed by atoms with E-state index in [1.807, 2.05) is 0 Å². The highest BCUT2D eigenvalue weighted by atomic mass is 35.5. The molecular weight excluding hydrogens is 408 g/mol. The molecule has 4 N–H and O–H groups in total. The van der Waals surface area contributed by atoms with Crippen molar-refractivity contribution in [2.75, 3.05) is 11.9 Å². The van der Waals surface area contributed by atoms with Crippen molar-refractivity contribution >= 4 is 34.8 Å². The number of rotatable bonds is 5. The summed E-state index contributed by atoms with van der Waals surface area (Å²) in [6.45, 7) is 0.722. The van der Waals surface area contributed by atoms with Crippen molar-refractivity contribution in [2.45, 2.75) is 12.8 Å². The highest BCUT2D eigenvalue weighted by Crippen LogP contribution is 2.28. The van der Waals surface area contributed by atoms with Gasteiger partial charge in [-0.25, -0.2) is 9.78 Å². The monoisotopic (exact) mass is 424 g/mol. The van der Waals surface area contributed by atoms with Crippen LogP contribution in [0.3, 0.4) is 0 Å². The summed E-state index contributed by atoms with van der Waals surface area (Å²) < 4.78 is 1.63. The second-order valence-corrected chi connectivity index (χ2v) is 7.49. The molecule has 0 radical (unpaired) electrons. The highest BCUT2D eigenvalue weighted by molar-refractivity contribution is 6.33. The van der Waals surface area contributed by atoms with Gasteiger partial charge in [0.05, 0.1) is 16.9 Å². The Labute approximate surface area is 174 Å². The van der Waals surface area contributed by atoms with Gasteiger partial charge in [-0.2, -0.15) is 9.61 Å². The maximum atomic E-state index is 11.4. The minimum absolute atomic E-state index is 0.240. The summed E-state index contributed by atoms with van der Waals surface area (Å²) in [5.74, 6) is 0.894. The maximum absolute atomic E-state index is 11.4. The summed E-state index contributed by atoms with van der Waals surface area (Å²) >= 11 is 6.22. The molecule has 0 atom stereocenters. The van der Waals surface area contributed by atoms with E-state index in [9.17, 15) is 9.90 Å². The van der Waals surface area contributed by atoms with E-state index in [1.54, 1.807) is 41.3 Å². The molecule has 30 heavy (non-hydrogen) atoms. The minimum Gasteiger partial charge on any atom is -0.493 e. The fourth-order valence-electron chi connectivity index (χ4n) is 3.03. The maximum Gasteiger partial charge on any atom is 0.326 e. The Hall–Kier alpha value is -3.66. The molecule has 1 aliphatic carbocycles. The number of nitrogens with one attached hydrogen (secondary N) is 3. The second kappa shape index (κ2) is 7.30. The van der Waals surface area contributed by atoms with Crippen LogP contribution in [0.5, 0.6) is 5.88 Å². The summed E-state index contributed by atoms with van der Waals surface area (Å²) in [6, 6.07) is 3.56. The third-order valence-corrected chi connectivity index (χ3v) is 5.06. The van der Waals surface area contributed by atoms with Crippen LogP contribution in [0.25, 0.3) is 11.7 Å². The summed E-state index contributed by atoms with van der Waals surface area (Å²) in [6.07, 6.45) is 8.75. The quantitative estimate of drug-likeness (QED) is 0.378. The van der Waals surface area contributed by atoms with Gasteiger partial charge in [0.1, 0.15) is 11.5 Å². The third-order valence-electron chi connectivity index (χ3n) is 4.76.